The zero-order valence-electron chi connectivity index (χ0n) is 8.59. The molecule has 1 N–H and O–H groups in total. The number of carbonyl (C=O) groups excluding carboxylic acids is 1. The van der Waals surface area contributed by atoms with E-state index in [0.717, 1.165) is 11.3 Å². The summed E-state index contributed by atoms with van der Waals surface area (Å²) < 4.78 is 0. The first-order chi connectivity index (χ1) is 7.15. The molecule has 0 radical (unpaired) electrons. The Labute approximate surface area is 93.8 Å². The molecule has 0 atom stereocenters. The Hall–Kier alpha value is -1.09. The zero-order chi connectivity index (χ0) is 10.8. The van der Waals surface area contributed by atoms with Crippen molar-refractivity contribution in [1.29, 1.82) is 0 Å². The van der Waals surface area contributed by atoms with E-state index in [9.17, 15) is 4.79 Å². The van der Waals surface area contributed by atoms with Crippen LogP contribution in [0.4, 0.5) is 5.69 Å². The quantitative estimate of drug-likeness (QED) is 0.803. The van der Waals surface area contributed by atoms with Gasteiger partial charge in [0.2, 0.25) is 5.91 Å². The van der Waals surface area contributed by atoms with Gasteiger partial charge in [-0.25, -0.2) is 4.98 Å². The van der Waals surface area contributed by atoms with Crippen molar-refractivity contribution in [2.75, 3.05) is 5.32 Å². The molecule has 0 unspecified atom stereocenters. The number of halogens is 1. The van der Waals surface area contributed by atoms with E-state index in [1.54, 1.807) is 12.3 Å². The van der Waals surface area contributed by atoms with Crippen LogP contribution >= 0.6 is 11.6 Å². The number of nitrogens with zero attached hydrogens (tertiary/aromatic N) is 1. The van der Waals surface area contributed by atoms with Gasteiger partial charge in [0.15, 0.2) is 0 Å². The molecule has 4 heteroatoms. The van der Waals surface area contributed by atoms with Crippen molar-refractivity contribution in [2.45, 2.75) is 26.2 Å². The number of hydrogen-bond donors (Lipinski definition) is 1. The molecule has 1 amide bonds. The van der Waals surface area contributed by atoms with E-state index in [1.165, 1.54) is 12.8 Å². The van der Waals surface area contributed by atoms with Crippen LogP contribution in [-0.2, 0) is 4.79 Å². The van der Waals surface area contributed by atoms with Gasteiger partial charge < -0.3 is 5.32 Å². The molecular formula is C11H13ClN2O. The predicted molar refractivity (Wildman–Crippen MR) is 60.0 cm³/mol. The molecule has 1 fully saturated rings. The van der Waals surface area contributed by atoms with E-state index in [4.69, 9.17) is 11.6 Å². The van der Waals surface area contributed by atoms with Crippen LogP contribution in [0.3, 0.4) is 0 Å². The Kier molecular flexibility index (Phi) is 2.91. The maximum atomic E-state index is 11.5. The molecule has 1 aliphatic rings. The van der Waals surface area contributed by atoms with Gasteiger partial charge in [-0.05, 0) is 37.3 Å². The lowest BCUT2D eigenvalue weighted by atomic mass is 10.2. The molecule has 1 aliphatic carbocycles. The van der Waals surface area contributed by atoms with Crippen molar-refractivity contribution in [3.63, 3.8) is 0 Å². The lowest BCUT2D eigenvalue weighted by Gasteiger charge is -2.07. The third-order valence-electron chi connectivity index (χ3n) is 2.52. The summed E-state index contributed by atoms with van der Waals surface area (Å²) >= 11 is 5.72. The predicted octanol–water partition coefficient (Wildman–Crippen LogP) is 2.78. The average molecular weight is 225 g/mol. The van der Waals surface area contributed by atoms with Gasteiger partial charge in [-0.3, -0.25) is 4.79 Å². The second kappa shape index (κ2) is 4.19. The first-order valence-electron chi connectivity index (χ1n) is 5.07. The summed E-state index contributed by atoms with van der Waals surface area (Å²) in [4.78, 5) is 15.5. The van der Waals surface area contributed by atoms with Gasteiger partial charge in [0.1, 0.15) is 5.15 Å². The van der Waals surface area contributed by atoms with Crippen LogP contribution in [0.2, 0.25) is 5.15 Å². The third-order valence-corrected chi connectivity index (χ3v) is 2.73. The maximum absolute atomic E-state index is 11.5. The molecule has 1 aromatic heterocycles. The lowest BCUT2D eigenvalue weighted by molar-refractivity contribution is -0.116. The number of rotatable bonds is 3. The smallest absolute Gasteiger partial charge is 0.224 e. The number of hydrogen-bond acceptors (Lipinski definition) is 2. The molecule has 2 rings (SSSR count). The van der Waals surface area contributed by atoms with Gasteiger partial charge >= 0.3 is 0 Å². The van der Waals surface area contributed by atoms with E-state index < -0.39 is 0 Å². The molecule has 0 bridgehead atoms. The lowest BCUT2D eigenvalue weighted by Crippen LogP contribution is -2.13. The van der Waals surface area contributed by atoms with Gasteiger partial charge in [-0.15, -0.1) is 0 Å². The van der Waals surface area contributed by atoms with Crippen molar-refractivity contribution in [3.8, 4) is 0 Å². The SMILES string of the molecule is Cc1cc(Cl)ncc1NC(=O)CC1CC1. The van der Waals surface area contributed by atoms with Gasteiger partial charge in [0.05, 0.1) is 11.9 Å². The fraction of sp³-hybridized carbons (Fsp3) is 0.455. The fourth-order valence-electron chi connectivity index (χ4n) is 1.44. The maximum Gasteiger partial charge on any atom is 0.224 e. The van der Waals surface area contributed by atoms with Crippen LogP contribution in [-0.4, -0.2) is 10.9 Å². The van der Waals surface area contributed by atoms with E-state index in [-0.39, 0.29) is 5.91 Å². The Morgan fingerprint density at radius 2 is 2.40 bits per heavy atom. The number of aromatic nitrogens is 1. The molecule has 80 valence electrons. The van der Waals surface area contributed by atoms with Crippen LogP contribution in [0, 0.1) is 12.8 Å². The van der Waals surface area contributed by atoms with Gasteiger partial charge in [0.25, 0.3) is 0 Å². The highest BCUT2D eigenvalue weighted by atomic mass is 35.5. The summed E-state index contributed by atoms with van der Waals surface area (Å²) in [6.45, 7) is 1.90. The van der Waals surface area contributed by atoms with Crippen LogP contribution in [0.25, 0.3) is 0 Å². The number of anilines is 1. The Bertz CT molecular complexity index is 388. The molecule has 1 aromatic rings. The van der Waals surface area contributed by atoms with E-state index in [0.29, 0.717) is 17.5 Å². The highest BCUT2D eigenvalue weighted by Gasteiger charge is 2.24. The summed E-state index contributed by atoms with van der Waals surface area (Å²) in [5.74, 6) is 0.676. The van der Waals surface area contributed by atoms with Gasteiger partial charge in [0, 0.05) is 6.42 Å². The first-order valence-corrected chi connectivity index (χ1v) is 5.45. The summed E-state index contributed by atoms with van der Waals surface area (Å²) in [5.41, 5.74) is 1.70. The van der Waals surface area contributed by atoms with E-state index >= 15 is 0 Å². The first kappa shape index (κ1) is 10.4. The second-order valence-electron chi connectivity index (χ2n) is 4.02. The number of carbonyl (C=O) groups is 1. The van der Waals surface area contributed by atoms with Crippen molar-refractivity contribution < 1.29 is 4.79 Å². The van der Waals surface area contributed by atoms with Crippen LogP contribution in [0.1, 0.15) is 24.8 Å². The van der Waals surface area contributed by atoms with E-state index in [2.05, 4.69) is 10.3 Å². The summed E-state index contributed by atoms with van der Waals surface area (Å²) in [7, 11) is 0. The van der Waals surface area contributed by atoms with Crippen molar-refractivity contribution >= 4 is 23.2 Å². The average Bonchev–Trinajstić information content (AvgIpc) is 2.94. The minimum atomic E-state index is 0.0738. The normalized spacial score (nSPS) is 15.1. The largest absolute Gasteiger partial charge is 0.325 e. The summed E-state index contributed by atoms with van der Waals surface area (Å²) in [5, 5.41) is 3.30. The molecular weight excluding hydrogens is 212 g/mol. The highest BCUT2D eigenvalue weighted by molar-refractivity contribution is 6.29. The van der Waals surface area contributed by atoms with Crippen LogP contribution < -0.4 is 5.32 Å². The topological polar surface area (TPSA) is 42.0 Å². The number of pyridine rings is 1. The monoisotopic (exact) mass is 224 g/mol. The molecule has 0 spiro atoms. The summed E-state index contributed by atoms with van der Waals surface area (Å²) in [6.07, 6.45) is 4.60. The minimum Gasteiger partial charge on any atom is -0.325 e. The second-order valence-corrected chi connectivity index (χ2v) is 4.40. The Balaban J connectivity index is 1.99. The zero-order valence-corrected chi connectivity index (χ0v) is 9.34. The number of aryl methyl sites for hydroxylation is 1. The standard InChI is InChI=1S/C11H13ClN2O/c1-7-4-10(12)13-6-9(7)14-11(15)5-8-2-3-8/h4,6,8H,2-3,5H2,1H3,(H,14,15). The molecule has 0 saturated heterocycles. The molecule has 0 aliphatic heterocycles. The van der Waals surface area contributed by atoms with Crippen LogP contribution in [0.5, 0.6) is 0 Å². The highest BCUT2D eigenvalue weighted by Crippen LogP contribution is 2.32. The van der Waals surface area contributed by atoms with Crippen LogP contribution in [0.15, 0.2) is 12.3 Å². The number of amides is 1. The molecule has 3 nitrogen and oxygen atoms in total. The Morgan fingerprint density at radius 3 is 3.00 bits per heavy atom. The fourth-order valence-corrected chi connectivity index (χ4v) is 1.65. The number of nitrogens with one attached hydrogen (secondary N) is 1. The van der Waals surface area contributed by atoms with E-state index in [1.807, 2.05) is 6.92 Å². The molecule has 1 saturated carbocycles. The minimum absolute atomic E-state index is 0.0738. The molecule has 15 heavy (non-hydrogen) atoms. The Morgan fingerprint density at radius 1 is 1.67 bits per heavy atom. The van der Waals surface area contributed by atoms with Crippen molar-refractivity contribution in [3.05, 3.63) is 23.0 Å². The molecule has 0 aromatic carbocycles. The summed E-state index contributed by atoms with van der Waals surface area (Å²) in [6, 6.07) is 1.74. The third kappa shape index (κ3) is 2.93. The van der Waals surface area contributed by atoms with Gasteiger partial charge in [-0.1, -0.05) is 11.6 Å². The molecule has 1 heterocycles. The van der Waals surface area contributed by atoms with Crippen molar-refractivity contribution in [2.24, 2.45) is 5.92 Å². The van der Waals surface area contributed by atoms with Gasteiger partial charge in [-0.2, -0.15) is 0 Å². The van der Waals surface area contributed by atoms with Crippen molar-refractivity contribution in [1.82, 2.24) is 4.98 Å².